The van der Waals surface area contributed by atoms with Crippen LogP contribution in [0.25, 0.3) is 0 Å². The highest BCUT2D eigenvalue weighted by molar-refractivity contribution is 14.1. The summed E-state index contributed by atoms with van der Waals surface area (Å²) in [7, 11) is 0. The summed E-state index contributed by atoms with van der Waals surface area (Å²) >= 11 is 4.76. The van der Waals surface area contributed by atoms with Crippen molar-refractivity contribution in [2.45, 2.75) is 25.7 Å². The highest BCUT2D eigenvalue weighted by atomic mass is 127. The van der Waals surface area contributed by atoms with Gasteiger partial charge in [-0.1, -0.05) is 22.6 Å². The van der Waals surface area contributed by atoms with Crippen LogP contribution in [0.15, 0.2) is 0 Å². The minimum absolute atomic E-state index is 0.797. The third-order valence-electron chi connectivity index (χ3n) is 3.20. The van der Waals surface area contributed by atoms with Gasteiger partial charge in [-0.3, -0.25) is 0 Å². The molecular weight excluding hydrogens is 267 g/mol. The summed E-state index contributed by atoms with van der Waals surface area (Å²) < 4.78 is 1.41. The van der Waals surface area contributed by atoms with Gasteiger partial charge in [0.25, 0.3) is 0 Å². The Kier molecular flexibility index (Phi) is 2.71. The van der Waals surface area contributed by atoms with Crippen molar-refractivity contribution in [2.24, 2.45) is 11.3 Å². The fraction of sp³-hybridized carbons (Fsp3) is 1.00. The molecule has 0 amide bonds. The monoisotopic (exact) mass is 282 g/mol. The van der Waals surface area contributed by atoms with Crippen molar-refractivity contribution in [3.05, 3.63) is 0 Å². The molecule has 0 radical (unpaired) electrons. The van der Waals surface area contributed by atoms with Crippen LogP contribution < -0.4 is 0 Å². The molecule has 2 heteroatoms. The van der Waals surface area contributed by atoms with Gasteiger partial charge in [-0.25, -0.2) is 0 Å². The summed E-state index contributed by atoms with van der Waals surface area (Å²) in [6, 6.07) is 0. The molecule has 2 rings (SSSR count). The Hall–Kier alpha value is 1.08. The van der Waals surface area contributed by atoms with E-state index in [4.69, 9.17) is 0 Å². The molecule has 0 spiro atoms. The Bertz CT molecular complexity index is 136. The molecule has 2 aliphatic rings. The van der Waals surface area contributed by atoms with E-state index in [2.05, 4.69) is 34.4 Å². The zero-order valence-electron chi connectivity index (χ0n) is 6.81. The van der Waals surface area contributed by atoms with Crippen LogP contribution in [0.5, 0.6) is 0 Å². The number of rotatable bonds is 2. The first-order chi connectivity index (χ1) is 5.37. The van der Waals surface area contributed by atoms with E-state index in [9.17, 15) is 0 Å². The lowest BCUT2D eigenvalue weighted by Crippen LogP contribution is -2.30. The van der Waals surface area contributed by atoms with Crippen molar-refractivity contribution in [1.29, 1.82) is 0 Å². The molecule has 1 heterocycles. The maximum Gasteiger partial charge on any atom is 0.00552 e. The number of alkyl halides is 1. The molecule has 1 saturated carbocycles. The van der Waals surface area contributed by atoms with Crippen LogP contribution in [-0.4, -0.2) is 15.9 Å². The number of hydrogen-bond donors (Lipinski definition) is 0. The molecule has 1 saturated heterocycles. The Morgan fingerprint density at radius 1 is 1.27 bits per heavy atom. The SMILES string of the molecule is ICC1(C2CC2)CCSCC1. The van der Waals surface area contributed by atoms with Crippen LogP contribution in [0.2, 0.25) is 0 Å². The van der Waals surface area contributed by atoms with Crippen LogP contribution in [0, 0.1) is 11.3 Å². The van der Waals surface area contributed by atoms with Gasteiger partial charge in [0.05, 0.1) is 0 Å². The van der Waals surface area contributed by atoms with Gasteiger partial charge in [0, 0.05) is 4.43 Å². The van der Waals surface area contributed by atoms with Crippen molar-refractivity contribution >= 4 is 34.4 Å². The maximum absolute atomic E-state index is 2.61. The van der Waals surface area contributed by atoms with E-state index in [1.165, 1.54) is 41.6 Å². The van der Waals surface area contributed by atoms with Crippen molar-refractivity contribution in [3.63, 3.8) is 0 Å². The summed E-state index contributed by atoms with van der Waals surface area (Å²) in [5, 5.41) is 0. The van der Waals surface area contributed by atoms with Gasteiger partial charge in [0.1, 0.15) is 0 Å². The zero-order chi connectivity index (χ0) is 7.73. The summed E-state index contributed by atoms with van der Waals surface area (Å²) in [6.07, 6.45) is 6.08. The summed E-state index contributed by atoms with van der Waals surface area (Å²) in [5.74, 6) is 3.99. The predicted molar refractivity (Wildman–Crippen MR) is 60.6 cm³/mol. The van der Waals surface area contributed by atoms with E-state index in [1.807, 2.05) is 0 Å². The second-order valence-corrected chi connectivity index (χ2v) is 5.87. The molecule has 1 aliphatic heterocycles. The molecule has 2 fully saturated rings. The molecule has 64 valence electrons. The number of hydrogen-bond acceptors (Lipinski definition) is 1. The zero-order valence-corrected chi connectivity index (χ0v) is 9.79. The summed E-state index contributed by atoms with van der Waals surface area (Å²) in [5.41, 5.74) is 0.797. The minimum atomic E-state index is 0.797. The van der Waals surface area contributed by atoms with E-state index in [0.29, 0.717) is 0 Å². The Morgan fingerprint density at radius 3 is 2.36 bits per heavy atom. The first kappa shape index (κ1) is 8.67. The number of thioether (sulfide) groups is 1. The Labute approximate surface area is 87.0 Å². The van der Waals surface area contributed by atoms with Gasteiger partial charge in [-0.15, -0.1) is 0 Å². The first-order valence-electron chi connectivity index (χ1n) is 4.51. The average Bonchev–Trinajstić information content (AvgIpc) is 2.88. The molecule has 0 aromatic carbocycles. The van der Waals surface area contributed by atoms with E-state index in [-0.39, 0.29) is 0 Å². The van der Waals surface area contributed by atoms with Gasteiger partial charge in [-0.05, 0) is 48.5 Å². The first-order valence-corrected chi connectivity index (χ1v) is 7.19. The second-order valence-electron chi connectivity index (χ2n) is 3.88. The fourth-order valence-corrected chi connectivity index (χ4v) is 4.82. The van der Waals surface area contributed by atoms with Crippen molar-refractivity contribution in [1.82, 2.24) is 0 Å². The van der Waals surface area contributed by atoms with E-state index in [0.717, 1.165) is 11.3 Å². The topological polar surface area (TPSA) is 0 Å². The lowest BCUT2D eigenvalue weighted by Gasteiger charge is -2.35. The highest BCUT2D eigenvalue weighted by Gasteiger charge is 2.44. The highest BCUT2D eigenvalue weighted by Crippen LogP contribution is 2.53. The van der Waals surface area contributed by atoms with E-state index < -0.39 is 0 Å². The predicted octanol–water partition coefficient (Wildman–Crippen LogP) is 3.34. The van der Waals surface area contributed by atoms with Crippen LogP contribution >= 0.6 is 34.4 Å². The van der Waals surface area contributed by atoms with Crippen LogP contribution in [0.1, 0.15) is 25.7 Å². The summed E-state index contributed by atoms with van der Waals surface area (Å²) in [4.78, 5) is 0. The standard InChI is InChI=1S/C9H15IS/c10-7-9(8-1-2-8)3-5-11-6-4-9/h8H,1-7H2. The number of halogens is 1. The molecule has 0 nitrogen and oxygen atoms in total. The van der Waals surface area contributed by atoms with E-state index >= 15 is 0 Å². The van der Waals surface area contributed by atoms with Gasteiger partial charge < -0.3 is 0 Å². The molecule has 0 aromatic rings. The van der Waals surface area contributed by atoms with Gasteiger partial charge in [0.2, 0.25) is 0 Å². The molecular formula is C9H15IS. The Morgan fingerprint density at radius 2 is 1.91 bits per heavy atom. The normalized spacial score (nSPS) is 30.3. The van der Waals surface area contributed by atoms with Crippen molar-refractivity contribution in [3.8, 4) is 0 Å². The molecule has 11 heavy (non-hydrogen) atoms. The van der Waals surface area contributed by atoms with Crippen molar-refractivity contribution in [2.75, 3.05) is 15.9 Å². The lowest BCUT2D eigenvalue weighted by atomic mass is 9.79. The average molecular weight is 282 g/mol. The molecule has 0 atom stereocenters. The van der Waals surface area contributed by atoms with Crippen LogP contribution in [0.4, 0.5) is 0 Å². The molecule has 0 bridgehead atoms. The third kappa shape index (κ3) is 1.71. The molecule has 0 unspecified atom stereocenters. The smallest absolute Gasteiger partial charge is 0.00552 e. The van der Waals surface area contributed by atoms with Gasteiger partial charge in [-0.2, -0.15) is 11.8 Å². The quantitative estimate of drug-likeness (QED) is 0.553. The summed E-state index contributed by atoms with van der Waals surface area (Å²) in [6.45, 7) is 0. The van der Waals surface area contributed by atoms with Crippen molar-refractivity contribution < 1.29 is 0 Å². The molecule has 0 N–H and O–H groups in total. The largest absolute Gasteiger partial charge is 0.162 e. The maximum atomic E-state index is 2.61. The third-order valence-corrected chi connectivity index (χ3v) is 5.70. The van der Waals surface area contributed by atoms with Crippen LogP contribution in [-0.2, 0) is 0 Å². The Balaban J connectivity index is 2.01. The molecule has 0 aromatic heterocycles. The van der Waals surface area contributed by atoms with E-state index in [1.54, 1.807) is 0 Å². The minimum Gasteiger partial charge on any atom is -0.162 e. The van der Waals surface area contributed by atoms with Gasteiger partial charge >= 0.3 is 0 Å². The lowest BCUT2D eigenvalue weighted by molar-refractivity contribution is 0.262. The fourth-order valence-electron chi connectivity index (χ4n) is 2.12. The van der Waals surface area contributed by atoms with Gasteiger partial charge in [0.15, 0.2) is 0 Å². The molecule has 1 aliphatic carbocycles. The van der Waals surface area contributed by atoms with Crippen LogP contribution in [0.3, 0.4) is 0 Å². The second kappa shape index (κ2) is 3.44.